The third-order valence-corrected chi connectivity index (χ3v) is 2.96. The lowest BCUT2D eigenvalue weighted by molar-refractivity contribution is 0.186. The lowest BCUT2D eigenvalue weighted by atomic mass is 10.1. The largest absolute Gasteiger partial charge is 0.386 e. The van der Waals surface area contributed by atoms with Crippen molar-refractivity contribution in [3.63, 3.8) is 0 Å². The lowest BCUT2D eigenvalue weighted by Gasteiger charge is -2.15. The predicted octanol–water partition coefficient (Wildman–Crippen LogP) is 3.42. The molecule has 19 heavy (non-hydrogen) atoms. The van der Waals surface area contributed by atoms with Crippen LogP contribution >= 0.6 is 0 Å². The van der Waals surface area contributed by atoms with Gasteiger partial charge in [0.15, 0.2) is 0 Å². The van der Waals surface area contributed by atoms with Crippen molar-refractivity contribution in [1.29, 1.82) is 0 Å². The van der Waals surface area contributed by atoms with Gasteiger partial charge in [0.2, 0.25) is 0 Å². The molecule has 2 aromatic carbocycles. The minimum atomic E-state index is -1.03. The highest BCUT2D eigenvalue weighted by Crippen LogP contribution is 2.21. The first-order valence-corrected chi connectivity index (χ1v) is 6.01. The van der Waals surface area contributed by atoms with E-state index < -0.39 is 11.9 Å². The van der Waals surface area contributed by atoms with E-state index >= 15 is 0 Å². The van der Waals surface area contributed by atoms with E-state index in [9.17, 15) is 13.9 Å². The maximum Gasteiger partial charge on any atom is 0.146 e. The molecule has 0 amide bonds. The Labute approximate surface area is 110 Å². The predicted molar refractivity (Wildman–Crippen MR) is 71.0 cm³/mol. The number of anilines is 1. The fourth-order valence-corrected chi connectivity index (χ4v) is 1.91. The van der Waals surface area contributed by atoms with Crippen LogP contribution in [0.3, 0.4) is 0 Å². The molecule has 0 saturated carbocycles. The lowest BCUT2D eigenvalue weighted by Crippen LogP contribution is -2.14. The van der Waals surface area contributed by atoms with E-state index in [1.54, 1.807) is 31.2 Å². The average molecular weight is 263 g/mol. The van der Waals surface area contributed by atoms with Gasteiger partial charge in [-0.25, -0.2) is 8.78 Å². The summed E-state index contributed by atoms with van der Waals surface area (Å²) in [4.78, 5) is 0. The summed E-state index contributed by atoms with van der Waals surface area (Å²) in [6.45, 7) is 1.81. The van der Waals surface area contributed by atoms with Gasteiger partial charge in [-0.15, -0.1) is 0 Å². The van der Waals surface area contributed by atoms with Crippen molar-refractivity contribution in [2.45, 2.75) is 13.0 Å². The number of hydrogen-bond acceptors (Lipinski definition) is 2. The molecule has 1 unspecified atom stereocenters. The summed E-state index contributed by atoms with van der Waals surface area (Å²) in [7, 11) is 0. The van der Waals surface area contributed by atoms with Crippen LogP contribution in [0.1, 0.15) is 17.2 Å². The van der Waals surface area contributed by atoms with Crippen molar-refractivity contribution in [2.24, 2.45) is 0 Å². The van der Waals surface area contributed by atoms with Crippen LogP contribution in [-0.4, -0.2) is 11.7 Å². The summed E-state index contributed by atoms with van der Waals surface area (Å²) in [6.07, 6.45) is -1.03. The fraction of sp³-hybridized carbons (Fsp3) is 0.200. The van der Waals surface area contributed by atoms with Crippen molar-refractivity contribution in [1.82, 2.24) is 0 Å². The monoisotopic (exact) mass is 263 g/mol. The first-order valence-electron chi connectivity index (χ1n) is 6.01. The molecule has 0 aliphatic rings. The summed E-state index contributed by atoms with van der Waals surface area (Å²) in [5.41, 5.74) is 1.27. The van der Waals surface area contributed by atoms with Crippen molar-refractivity contribution < 1.29 is 13.9 Å². The van der Waals surface area contributed by atoms with E-state index in [0.29, 0.717) is 5.69 Å². The van der Waals surface area contributed by atoms with Crippen LogP contribution in [0.2, 0.25) is 0 Å². The molecule has 2 nitrogen and oxygen atoms in total. The van der Waals surface area contributed by atoms with Gasteiger partial charge in [0.05, 0.1) is 11.8 Å². The Hall–Kier alpha value is -1.94. The molecule has 0 bridgehead atoms. The van der Waals surface area contributed by atoms with Gasteiger partial charge in [-0.1, -0.05) is 30.3 Å². The normalized spacial score (nSPS) is 12.2. The molecule has 0 aromatic heterocycles. The Morgan fingerprint density at radius 2 is 1.74 bits per heavy atom. The van der Waals surface area contributed by atoms with Crippen molar-refractivity contribution >= 4 is 5.69 Å². The van der Waals surface area contributed by atoms with Crippen LogP contribution in [0.25, 0.3) is 0 Å². The van der Waals surface area contributed by atoms with Crippen LogP contribution in [0.15, 0.2) is 42.5 Å². The van der Waals surface area contributed by atoms with E-state index in [0.717, 1.165) is 5.56 Å². The Bertz CT molecular complexity index is 552. The fourth-order valence-electron chi connectivity index (χ4n) is 1.91. The maximum atomic E-state index is 13.6. The van der Waals surface area contributed by atoms with Gasteiger partial charge in [-0.05, 0) is 24.6 Å². The SMILES string of the molecule is Cc1cccc(F)c1NCC(O)c1ccccc1F. The molecule has 2 aromatic rings. The van der Waals surface area contributed by atoms with Crippen molar-refractivity contribution in [3.05, 3.63) is 65.2 Å². The molecule has 0 heterocycles. The van der Waals surface area contributed by atoms with Gasteiger partial charge in [0.1, 0.15) is 11.6 Å². The summed E-state index contributed by atoms with van der Waals surface area (Å²) >= 11 is 0. The number of aliphatic hydroxyl groups is 1. The number of aryl methyl sites for hydroxylation is 1. The molecule has 100 valence electrons. The highest BCUT2D eigenvalue weighted by atomic mass is 19.1. The van der Waals surface area contributed by atoms with Gasteiger partial charge < -0.3 is 10.4 Å². The maximum absolute atomic E-state index is 13.6. The van der Waals surface area contributed by atoms with Crippen LogP contribution in [0.4, 0.5) is 14.5 Å². The number of rotatable bonds is 4. The highest BCUT2D eigenvalue weighted by Gasteiger charge is 2.13. The quantitative estimate of drug-likeness (QED) is 0.886. The standard InChI is InChI=1S/C15H15F2NO/c1-10-5-4-8-13(17)15(10)18-9-14(19)11-6-2-3-7-12(11)16/h2-8,14,18-19H,9H2,1H3. The molecule has 2 rings (SSSR count). The molecular weight excluding hydrogens is 248 g/mol. The zero-order valence-corrected chi connectivity index (χ0v) is 10.5. The molecule has 1 atom stereocenters. The summed E-state index contributed by atoms with van der Waals surface area (Å²) in [5, 5.41) is 12.7. The number of hydrogen-bond donors (Lipinski definition) is 2. The third kappa shape index (κ3) is 3.09. The molecule has 0 saturated heterocycles. The van der Waals surface area contributed by atoms with E-state index in [1.807, 2.05) is 0 Å². The number of benzene rings is 2. The molecule has 0 aliphatic heterocycles. The molecule has 0 radical (unpaired) electrons. The topological polar surface area (TPSA) is 32.3 Å². The second kappa shape index (κ2) is 5.80. The van der Waals surface area contributed by atoms with Gasteiger partial charge in [-0.2, -0.15) is 0 Å². The molecule has 0 fully saturated rings. The van der Waals surface area contributed by atoms with Gasteiger partial charge in [-0.3, -0.25) is 0 Å². The zero-order valence-electron chi connectivity index (χ0n) is 10.5. The van der Waals surface area contributed by atoms with Gasteiger partial charge in [0.25, 0.3) is 0 Å². The van der Waals surface area contributed by atoms with E-state index in [-0.39, 0.29) is 17.9 Å². The summed E-state index contributed by atoms with van der Waals surface area (Å²) < 4.78 is 27.0. The Balaban J connectivity index is 2.09. The molecule has 0 aliphatic carbocycles. The average Bonchev–Trinajstić information content (AvgIpc) is 2.38. The highest BCUT2D eigenvalue weighted by molar-refractivity contribution is 5.51. The number of aliphatic hydroxyl groups excluding tert-OH is 1. The second-order valence-corrected chi connectivity index (χ2v) is 4.35. The number of nitrogens with one attached hydrogen (secondary N) is 1. The molecular formula is C15H15F2NO. The van der Waals surface area contributed by atoms with E-state index in [1.165, 1.54) is 18.2 Å². The minimum absolute atomic E-state index is 0.0444. The van der Waals surface area contributed by atoms with E-state index in [4.69, 9.17) is 0 Å². The van der Waals surface area contributed by atoms with Crippen LogP contribution in [-0.2, 0) is 0 Å². The van der Waals surface area contributed by atoms with E-state index in [2.05, 4.69) is 5.32 Å². The van der Waals surface area contributed by atoms with Crippen molar-refractivity contribution in [2.75, 3.05) is 11.9 Å². The Kier molecular flexibility index (Phi) is 4.12. The first-order chi connectivity index (χ1) is 9.09. The smallest absolute Gasteiger partial charge is 0.146 e. The summed E-state index contributed by atoms with van der Waals surface area (Å²) in [5.74, 6) is -0.859. The summed E-state index contributed by atoms with van der Waals surface area (Å²) in [6, 6.07) is 10.7. The molecule has 0 spiro atoms. The molecule has 2 N–H and O–H groups in total. The third-order valence-electron chi connectivity index (χ3n) is 2.96. The van der Waals surface area contributed by atoms with Crippen molar-refractivity contribution in [3.8, 4) is 0 Å². The Morgan fingerprint density at radius 1 is 1.05 bits per heavy atom. The first kappa shape index (κ1) is 13.5. The number of halogens is 2. The molecule has 4 heteroatoms. The second-order valence-electron chi connectivity index (χ2n) is 4.35. The number of para-hydroxylation sites is 1. The van der Waals surface area contributed by atoms with Crippen LogP contribution in [0.5, 0.6) is 0 Å². The van der Waals surface area contributed by atoms with Gasteiger partial charge in [0, 0.05) is 12.1 Å². The van der Waals surface area contributed by atoms with Crippen LogP contribution < -0.4 is 5.32 Å². The Morgan fingerprint density at radius 3 is 2.42 bits per heavy atom. The minimum Gasteiger partial charge on any atom is -0.386 e. The zero-order chi connectivity index (χ0) is 13.8. The van der Waals surface area contributed by atoms with Gasteiger partial charge >= 0.3 is 0 Å². The van der Waals surface area contributed by atoms with Crippen LogP contribution in [0, 0.1) is 18.6 Å².